The van der Waals surface area contributed by atoms with E-state index in [1.807, 2.05) is 6.92 Å². The molecule has 0 fully saturated rings. The predicted octanol–water partition coefficient (Wildman–Crippen LogP) is 1.35. The van der Waals surface area contributed by atoms with Crippen LogP contribution in [0.15, 0.2) is 6.07 Å². The number of nitrogens with zero attached hydrogens (tertiary/aromatic N) is 3. The fraction of sp³-hybridized carbons (Fsp3) is 0.300. The zero-order valence-electron chi connectivity index (χ0n) is 8.77. The second-order valence-corrected chi connectivity index (χ2v) is 3.49. The van der Waals surface area contributed by atoms with Crippen LogP contribution < -0.4 is 0 Å². The highest BCUT2D eigenvalue weighted by molar-refractivity contribution is 5.88. The van der Waals surface area contributed by atoms with Gasteiger partial charge in [-0.2, -0.15) is 0 Å². The van der Waals surface area contributed by atoms with Crippen molar-refractivity contribution in [2.75, 3.05) is 0 Å². The molecule has 0 aromatic carbocycles. The van der Waals surface area contributed by atoms with Gasteiger partial charge in [-0.25, -0.2) is 14.8 Å². The summed E-state index contributed by atoms with van der Waals surface area (Å²) in [5, 5.41) is 9.06. The van der Waals surface area contributed by atoms with E-state index in [4.69, 9.17) is 5.11 Å². The number of rotatable bonds is 1. The van der Waals surface area contributed by atoms with Crippen LogP contribution in [0.3, 0.4) is 0 Å². The van der Waals surface area contributed by atoms with Crippen molar-refractivity contribution < 1.29 is 9.90 Å². The van der Waals surface area contributed by atoms with Crippen LogP contribution in [-0.4, -0.2) is 25.4 Å². The van der Waals surface area contributed by atoms with Crippen LogP contribution in [0.1, 0.15) is 27.7 Å². The quantitative estimate of drug-likeness (QED) is 0.763. The molecule has 2 heterocycles. The van der Waals surface area contributed by atoms with E-state index in [2.05, 4.69) is 9.97 Å². The van der Waals surface area contributed by atoms with E-state index in [1.54, 1.807) is 24.3 Å². The Hall–Kier alpha value is -1.91. The molecule has 0 saturated carbocycles. The summed E-state index contributed by atoms with van der Waals surface area (Å²) in [7, 11) is 0. The lowest BCUT2D eigenvalue weighted by Crippen LogP contribution is -2.07. The number of aromatic carboxylic acids is 1. The smallest absolute Gasteiger partial charge is 0.354 e. The first kappa shape index (κ1) is 9.64. The highest BCUT2D eigenvalue weighted by atomic mass is 16.4. The minimum atomic E-state index is -0.978. The molecule has 5 nitrogen and oxygen atoms in total. The van der Waals surface area contributed by atoms with Crippen molar-refractivity contribution in [2.24, 2.45) is 0 Å². The number of imidazole rings is 1. The summed E-state index contributed by atoms with van der Waals surface area (Å²) < 4.78 is 1.56. The van der Waals surface area contributed by atoms with Crippen LogP contribution in [-0.2, 0) is 0 Å². The average Bonchev–Trinajstić information content (AvgIpc) is 2.40. The Morgan fingerprint density at radius 3 is 2.60 bits per heavy atom. The van der Waals surface area contributed by atoms with E-state index in [0.717, 1.165) is 5.69 Å². The number of aryl methyl sites for hydroxylation is 3. The first-order valence-electron chi connectivity index (χ1n) is 4.57. The third-order valence-corrected chi connectivity index (χ3v) is 2.28. The molecule has 0 aliphatic carbocycles. The minimum absolute atomic E-state index is 0.190. The largest absolute Gasteiger partial charge is 0.477 e. The number of carboxylic acid groups (broad SMARTS) is 1. The van der Waals surface area contributed by atoms with Crippen molar-refractivity contribution in [3.05, 3.63) is 29.0 Å². The maximum atomic E-state index is 11.0. The van der Waals surface area contributed by atoms with Crippen molar-refractivity contribution in [2.45, 2.75) is 20.8 Å². The first-order valence-corrected chi connectivity index (χ1v) is 4.57. The predicted molar refractivity (Wildman–Crippen MR) is 54.2 cm³/mol. The Morgan fingerprint density at radius 1 is 1.33 bits per heavy atom. The van der Waals surface area contributed by atoms with E-state index in [1.165, 1.54) is 0 Å². The Balaban J connectivity index is 2.93. The van der Waals surface area contributed by atoms with Gasteiger partial charge in [0.1, 0.15) is 11.5 Å². The molecule has 15 heavy (non-hydrogen) atoms. The van der Waals surface area contributed by atoms with Crippen molar-refractivity contribution in [3.63, 3.8) is 0 Å². The number of hydrogen-bond acceptors (Lipinski definition) is 3. The van der Waals surface area contributed by atoms with Crippen LogP contribution in [0.4, 0.5) is 0 Å². The fourth-order valence-electron chi connectivity index (χ4n) is 1.75. The van der Waals surface area contributed by atoms with Gasteiger partial charge >= 0.3 is 5.97 Å². The standard InChI is InChI=1S/C10H11N3O2/c1-5-4-8-12-6(2)9(10(14)15)13(8)7(3)11-5/h4H,1-3H3,(H,14,15). The molecule has 0 unspecified atom stereocenters. The van der Waals surface area contributed by atoms with Gasteiger partial charge in [0, 0.05) is 11.8 Å². The molecule has 0 spiro atoms. The zero-order valence-corrected chi connectivity index (χ0v) is 8.77. The molecule has 0 aliphatic rings. The zero-order chi connectivity index (χ0) is 11.2. The van der Waals surface area contributed by atoms with Gasteiger partial charge in [0.2, 0.25) is 0 Å². The van der Waals surface area contributed by atoms with Crippen molar-refractivity contribution >= 4 is 11.6 Å². The van der Waals surface area contributed by atoms with Crippen molar-refractivity contribution in [3.8, 4) is 0 Å². The van der Waals surface area contributed by atoms with Gasteiger partial charge < -0.3 is 5.11 Å². The van der Waals surface area contributed by atoms with E-state index >= 15 is 0 Å². The van der Waals surface area contributed by atoms with Crippen LogP contribution in [0, 0.1) is 20.8 Å². The van der Waals surface area contributed by atoms with Gasteiger partial charge in [0.15, 0.2) is 5.69 Å². The molecule has 0 radical (unpaired) electrons. The van der Waals surface area contributed by atoms with Crippen LogP contribution >= 0.6 is 0 Å². The highest BCUT2D eigenvalue weighted by Crippen LogP contribution is 2.14. The Bertz CT molecular complexity index is 557. The SMILES string of the molecule is Cc1cc2nc(C)c(C(=O)O)n2c(C)n1. The molecule has 0 saturated heterocycles. The number of aromatic nitrogens is 3. The summed E-state index contributed by atoms with van der Waals surface area (Å²) in [5.74, 6) is -0.336. The van der Waals surface area contributed by atoms with Gasteiger partial charge in [-0.15, -0.1) is 0 Å². The summed E-state index contributed by atoms with van der Waals surface area (Å²) >= 11 is 0. The van der Waals surface area contributed by atoms with Gasteiger partial charge in [-0.05, 0) is 20.8 Å². The molecule has 2 aromatic heterocycles. The first-order chi connectivity index (χ1) is 7.00. The number of fused-ring (bicyclic) bond motifs is 1. The molecule has 5 heteroatoms. The third kappa shape index (κ3) is 1.36. The molecule has 0 amide bonds. The van der Waals surface area contributed by atoms with E-state index in [9.17, 15) is 4.79 Å². The summed E-state index contributed by atoms with van der Waals surface area (Å²) in [5.41, 5.74) is 2.17. The van der Waals surface area contributed by atoms with Gasteiger partial charge in [-0.3, -0.25) is 4.40 Å². The summed E-state index contributed by atoms with van der Waals surface area (Å²) in [6.45, 7) is 5.32. The molecule has 2 rings (SSSR count). The lowest BCUT2D eigenvalue weighted by molar-refractivity contribution is 0.0688. The molecule has 0 atom stereocenters. The van der Waals surface area contributed by atoms with E-state index in [-0.39, 0.29) is 5.69 Å². The van der Waals surface area contributed by atoms with E-state index in [0.29, 0.717) is 17.2 Å². The number of carboxylic acids is 1. The highest BCUT2D eigenvalue weighted by Gasteiger charge is 2.17. The average molecular weight is 205 g/mol. The number of carbonyl (C=O) groups is 1. The topological polar surface area (TPSA) is 67.5 Å². The lowest BCUT2D eigenvalue weighted by Gasteiger charge is -2.02. The molecule has 78 valence electrons. The molecule has 0 aliphatic heterocycles. The second kappa shape index (κ2) is 3.05. The van der Waals surface area contributed by atoms with Gasteiger partial charge in [0.05, 0.1) is 5.69 Å². The molecular formula is C10H11N3O2. The van der Waals surface area contributed by atoms with Gasteiger partial charge in [0.25, 0.3) is 0 Å². The maximum Gasteiger partial charge on any atom is 0.354 e. The Kier molecular flexibility index (Phi) is 1.96. The fourth-order valence-corrected chi connectivity index (χ4v) is 1.75. The summed E-state index contributed by atoms with van der Waals surface area (Å²) in [6.07, 6.45) is 0. The van der Waals surface area contributed by atoms with Crippen LogP contribution in [0.2, 0.25) is 0 Å². The maximum absolute atomic E-state index is 11.0. The minimum Gasteiger partial charge on any atom is -0.477 e. The van der Waals surface area contributed by atoms with E-state index < -0.39 is 5.97 Å². The second-order valence-electron chi connectivity index (χ2n) is 3.49. The van der Waals surface area contributed by atoms with Crippen LogP contribution in [0.5, 0.6) is 0 Å². The Morgan fingerprint density at radius 2 is 2.00 bits per heavy atom. The summed E-state index contributed by atoms with van der Waals surface area (Å²) in [4.78, 5) is 19.5. The third-order valence-electron chi connectivity index (χ3n) is 2.28. The normalized spacial score (nSPS) is 10.9. The summed E-state index contributed by atoms with van der Waals surface area (Å²) in [6, 6.07) is 1.77. The molecular weight excluding hydrogens is 194 g/mol. The van der Waals surface area contributed by atoms with Crippen LogP contribution in [0.25, 0.3) is 5.65 Å². The van der Waals surface area contributed by atoms with Crippen molar-refractivity contribution in [1.82, 2.24) is 14.4 Å². The van der Waals surface area contributed by atoms with Crippen molar-refractivity contribution in [1.29, 1.82) is 0 Å². The molecule has 2 aromatic rings. The molecule has 0 bridgehead atoms. The number of hydrogen-bond donors (Lipinski definition) is 1. The monoisotopic (exact) mass is 205 g/mol. The molecule has 1 N–H and O–H groups in total. The lowest BCUT2D eigenvalue weighted by atomic mass is 10.3. The Labute approximate surface area is 86.4 Å². The van der Waals surface area contributed by atoms with Gasteiger partial charge in [-0.1, -0.05) is 0 Å².